The van der Waals surface area contributed by atoms with Crippen LogP contribution in [-0.4, -0.2) is 35.7 Å². The predicted molar refractivity (Wildman–Crippen MR) is 111 cm³/mol. The van der Waals surface area contributed by atoms with Crippen molar-refractivity contribution in [2.75, 3.05) is 20.3 Å². The summed E-state index contributed by atoms with van der Waals surface area (Å²) in [6.07, 6.45) is 0. The first-order chi connectivity index (χ1) is 13.0. The summed E-state index contributed by atoms with van der Waals surface area (Å²) in [6, 6.07) is 12.5. The molecule has 0 radical (unpaired) electrons. The van der Waals surface area contributed by atoms with Crippen LogP contribution in [0.3, 0.4) is 0 Å². The minimum Gasteiger partial charge on any atom is -0.383 e. The number of aromatic amines is 1. The third-order valence-electron chi connectivity index (χ3n) is 4.09. The van der Waals surface area contributed by atoms with Crippen LogP contribution in [0.1, 0.15) is 15.9 Å². The molecule has 1 amide bonds. The Balaban J connectivity index is 1.84. The first-order valence-electron chi connectivity index (χ1n) is 8.28. The zero-order valence-electron chi connectivity index (χ0n) is 14.6. The number of nitrogens with zero attached hydrogens (tertiary/aromatic N) is 1. The third-order valence-corrected chi connectivity index (χ3v) is 4.91. The summed E-state index contributed by atoms with van der Waals surface area (Å²) in [7, 11) is 1.58. The minimum atomic E-state index is -0.163. The second kappa shape index (κ2) is 8.60. The molecule has 2 N–H and O–H groups in total. The molecule has 0 aliphatic carbocycles. The third kappa shape index (κ3) is 4.52. The zero-order valence-corrected chi connectivity index (χ0v) is 17.0. The molecule has 0 fully saturated rings. The summed E-state index contributed by atoms with van der Waals surface area (Å²) in [5, 5.41) is 3.33. The average Bonchev–Trinajstić information content (AvgIpc) is 2.66. The van der Waals surface area contributed by atoms with E-state index >= 15 is 0 Å². The van der Waals surface area contributed by atoms with Gasteiger partial charge in [-0.25, -0.2) is 0 Å². The average molecular weight is 448 g/mol. The first kappa shape index (κ1) is 19.5. The number of benzene rings is 2. The van der Waals surface area contributed by atoms with Crippen molar-refractivity contribution in [3.05, 3.63) is 73.2 Å². The van der Waals surface area contributed by atoms with Gasteiger partial charge in [0.15, 0.2) is 4.77 Å². The van der Waals surface area contributed by atoms with Gasteiger partial charge in [0.2, 0.25) is 0 Å². The van der Waals surface area contributed by atoms with Gasteiger partial charge in [0.05, 0.1) is 24.1 Å². The number of fused-ring (bicyclic) bond motifs is 1. The largest absolute Gasteiger partial charge is 0.383 e. The lowest BCUT2D eigenvalue weighted by atomic mass is 10.1. The topological polar surface area (TPSA) is 76.1 Å². The van der Waals surface area contributed by atoms with Gasteiger partial charge >= 0.3 is 0 Å². The molecule has 3 aromatic rings. The monoisotopic (exact) mass is 447 g/mol. The highest BCUT2D eigenvalue weighted by molar-refractivity contribution is 9.10. The number of amides is 1. The van der Waals surface area contributed by atoms with Crippen LogP contribution >= 0.6 is 28.1 Å². The molecule has 0 bridgehead atoms. The Morgan fingerprint density at radius 2 is 2.00 bits per heavy atom. The Hall–Kier alpha value is -2.29. The van der Waals surface area contributed by atoms with Gasteiger partial charge in [0.25, 0.3) is 11.5 Å². The second-order valence-corrected chi connectivity index (χ2v) is 7.26. The lowest BCUT2D eigenvalue weighted by Gasteiger charge is -2.09. The van der Waals surface area contributed by atoms with Crippen LogP contribution in [0.5, 0.6) is 0 Å². The summed E-state index contributed by atoms with van der Waals surface area (Å²) < 4.78 is 7.61. The van der Waals surface area contributed by atoms with Gasteiger partial charge in [-0.15, -0.1) is 0 Å². The fourth-order valence-electron chi connectivity index (χ4n) is 2.68. The highest BCUT2D eigenvalue weighted by Gasteiger charge is 2.08. The van der Waals surface area contributed by atoms with E-state index in [-0.39, 0.29) is 11.5 Å². The van der Waals surface area contributed by atoms with Crippen molar-refractivity contribution in [3.63, 3.8) is 0 Å². The Bertz CT molecular complexity index is 1090. The lowest BCUT2D eigenvalue weighted by Crippen LogP contribution is -2.27. The van der Waals surface area contributed by atoms with Crippen molar-refractivity contribution in [2.24, 2.45) is 0 Å². The number of H-pyrrole nitrogens is 1. The second-order valence-electron chi connectivity index (χ2n) is 5.96. The zero-order chi connectivity index (χ0) is 19.4. The summed E-state index contributed by atoms with van der Waals surface area (Å²) in [4.78, 5) is 27.9. The molecule has 0 aliphatic heterocycles. The Morgan fingerprint density at radius 3 is 2.70 bits per heavy atom. The van der Waals surface area contributed by atoms with Gasteiger partial charge < -0.3 is 15.0 Å². The fourth-order valence-corrected chi connectivity index (χ4v) is 3.30. The lowest BCUT2D eigenvalue weighted by molar-refractivity contribution is 0.0937. The van der Waals surface area contributed by atoms with Crippen LogP contribution in [0.15, 0.2) is 51.7 Å². The van der Waals surface area contributed by atoms with Gasteiger partial charge in [0, 0.05) is 23.7 Å². The van der Waals surface area contributed by atoms with Crippen molar-refractivity contribution >= 4 is 45.0 Å². The minimum absolute atomic E-state index is 0.156. The molecule has 0 aliphatic rings. The SMILES string of the molecule is COCCNC(=O)c1ccc(Cn2c(=S)[nH]c3ccc(Br)cc3c2=O)cc1. The number of aromatic nitrogens is 2. The van der Waals surface area contributed by atoms with E-state index in [2.05, 4.69) is 26.2 Å². The number of nitrogens with one attached hydrogen (secondary N) is 2. The molecule has 2 aromatic carbocycles. The van der Waals surface area contributed by atoms with E-state index in [0.29, 0.717) is 40.9 Å². The number of methoxy groups -OCH3 is 1. The molecule has 3 rings (SSSR count). The summed E-state index contributed by atoms with van der Waals surface area (Å²) in [5.41, 5.74) is 1.97. The molecular weight excluding hydrogens is 430 g/mol. The Morgan fingerprint density at radius 1 is 1.26 bits per heavy atom. The van der Waals surface area contributed by atoms with E-state index in [0.717, 1.165) is 10.0 Å². The molecule has 0 saturated carbocycles. The van der Waals surface area contributed by atoms with Crippen molar-refractivity contribution in [2.45, 2.75) is 6.54 Å². The summed E-state index contributed by atoms with van der Waals surface area (Å²) >= 11 is 8.73. The summed E-state index contributed by atoms with van der Waals surface area (Å²) in [5.74, 6) is -0.163. The number of hydrogen-bond acceptors (Lipinski definition) is 4. The van der Waals surface area contributed by atoms with Crippen molar-refractivity contribution in [1.29, 1.82) is 0 Å². The molecule has 27 heavy (non-hydrogen) atoms. The Kier molecular flexibility index (Phi) is 6.20. The molecule has 8 heteroatoms. The molecule has 6 nitrogen and oxygen atoms in total. The number of carbonyl (C=O) groups is 1. The number of hydrogen-bond donors (Lipinski definition) is 2. The van der Waals surface area contributed by atoms with Gasteiger partial charge in [-0.2, -0.15) is 0 Å². The van der Waals surface area contributed by atoms with E-state index in [4.69, 9.17) is 17.0 Å². The number of rotatable bonds is 6. The van der Waals surface area contributed by atoms with Crippen molar-refractivity contribution in [1.82, 2.24) is 14.9 Å². The molecule has 1 heterocycles. The van der Waals surface area contributed by atoms with Gasteiger partial charge in [-0.1, -0.05) is 28.1 Å². The maximum atomic E-state index is 12.8. The fraction of sp³-hybridized carbons (Fsp3) is 0.211. The first-order valence-corrected chi connectivity index (χ1v) is 9.48. The normalized spacial score (nSPS) is 10.9. The summed E-state index contributed by atoms with van der Waals surface area (Å²) in [6.45, 7) is 1.24. The van der Waals surface area contributed by atoms with Crippen LogP contribution in [0.4, 0.5) is 0 Å². The van der Waals surface area contributed by atoms with E-state index in [9.17, 15) is 9.59 Å². The van der Waals surface area contributed by atoms with Crippen molar-refractivity contribution < 1.29 is 9.53 Å². The maximum Gasteiger partial charge on any atom is 0.262 e. The molecule has 0 spiro atoms. The molecular formula is C19H18BrN3O3S. The Labute approximate surface area is 169 Å². The van der Waals surface area contributed by atoms with Gasteiger partial charge in [-0.3, -0.25) is 14.2 Å². The van der Waals surface area contributed by atoms with Crippen LogP contribution in [-0.2, 0) is 11.3 Å². The number of ether oxygens (including phenoxy) is 1. The van der Waals surface area contributed by atoms with Gasteiger partial charge in [0.1, 0.15) is 0 Å². The highest BCUT2D eigenvalue weighted by atomic mass is 79.9. The van der Waals surface area contributed by atoms with Crippen LogP contribution in [0, 0.1) is 4.77 Å². The standard InChI is InChI=1S/C19H18BrN3O3S/c1-26-9-8-21-17(24)13-4-2-12(3-5-13)11-23-18(25)15-10-14(20)6-7-16(15)22-19(23)27/h2-7,10H,8-9,11H2,1H3,(H,21,24)(H,22,27). The smallest absolute Gasteiger partial charge is 0.262 e. The van der Waals surface area contributed by atoms with Crippen LogP contribution in [0.25, 0.3) is 10.9 Å². The predicted octanol–water partition coefficient (Wildman–Crippen LogP) is 3.25. The molecule has 1 aromatic heterocycles. The van der Waals surface area contributed by atoms with E-state index < -0.39 is 0 Å². The quantitative estimate of drug-likeness (QED) is 0.449. The van der Waals surface area contributed by atoms with Crippen molar-refractivity contribution in [3.8, 4) is 0 Å². The van der Waals surface area contributed by atoms with E-state index in [1.54, 1.807) is 25.3 Å². The number of carbonyl (C=O) groups excluding carboxylic acids is 1. The van der Waals surface area contributed by atoms with E-state index in [1.807, 2.05) is 24.3 Å². The molecule has 0 atom stereocenters. The molecule has 0 saturated heterocycles. The van der Waals surface area contributed by atoms with Gasteiger partial charge in [-0.05, 0) is 48.1 Å². The molecule has 0 unspecified atom stereocenters. The van der Waals surface area contributed by atoms with Crippen LogP contribution in [0.2, 0.25) is 0 Å². The molecule has 140 valence electrons. The van der Waals surface area contributed by atoms with E-state index in [1.165, 1.54) is 4.57 Å². The van der Waals surface area contributed by atoms with Crippen LogP contribution < -0.4 is 10.9 Å². The number of halogens is 1. The maximum absolute atomic E-state index is 12.8. The highest BCUT2D eigenvalue weighted by Crippen LogP contribution is 2.15.